The van der Waals surface area contributed by atoms with Crippen molar-refractivity contribution < 1.29 is 4.74 Å². The molecule has 112 valence electrons. The molecule has 2 aliphatic heterocycles. The zero-order valence-corrected chi connectivity index (χ0v) is 14.1. The number of rotatable bonds is 5. The summed E-state index contributed by atoms with van der Waals surface area (Å²) >= 11 is 3.77. The second-order valence-electron chi connectivity index (χ2n) is 6.61. The van der Waals surface area contributed by atoms with Crippen LogP contribution in [0.1, 0.15) is 51.9 Å². The Balaban J connectivity index is 1.84. The van der Waals surface area contributed by atoms with Gasteiger partial charge in [0.05, 0.1) is 0 Å². The van der Waals surface area contributed by atoms with Gasteiger partial charge in [-0.05, 0) is 56.5 Å². The van der Waals surface area contributed by atoms with Gasteiger partial charge in [0.25, 0.3) is 0 Å². The van der Waals surface area contributed by atoms with E-state index in [0.29, 0.717) is 5.41 Å². The van der Waals surface area contributed by atoms with Gasteiger partial charge in [-0.25, -0.2) is 0 Å². The Morgan fingerprint density at radius 3 is 2.68 bits per heavy atom. The van der Waals surface area contributed by atoms with Crippen molar-refractivity contribution in [1.29, 1.82) is 0 Å². The monoisotopic (exact) mass is 331 g/mol. The van der Waals surface area contributed by atoms with Gasteiger partial charge < -0.3 is 9.64 Å². The predicted molar refractivity (Wildman–Crippen MR) is 85.0 cm³/mol. The Kier molecular flexibility index (Phi) is 6.64. The molecule has 0 spiro atoms. The van der Waals surface area contributed by atoms with E-state index in [1.165, 1.54) is 64.6 Å². The van der Waals surface area contributed by atoms with E-state index >= 15 is 0 Å². The molecule has 0 bridgehead atoms. The summed E-state index contributed by atoms with van der Waals surface area (Å²) in [5, 5.41) is 1.14. The summed E-state index contributed by atoms with van der Waals surface area (Å²) in [5.41, 5.74) is 0.475. The van der Waals surface area contributed by atoms with Crippen molar-refractivity contribution in [3.8, 4) is 0 Å². The quantitative estimate of drug-likeness (QED) is 0.704. The Morgan fingerprint density at radius 2 is 2.00 bits per heavy atom. The standard InChI is InChI=1S/C16H30BrNO/c1-2-4-15-5-3-9-18(10-6-15)14-16(13-17)7-11-19-12-8-16/h15H,2-14H2,1H3. The topological polar surface area (TPSA) is 12.5 Å². The van der Waals surface area contributed by atoms with Crippen molar-refractivity contribution in [2.45, 2.75) is 51.9 Å². The van der Waals surface area contributed by atoms with Gasteiger partial charge in [0.2, 0.25) is 0 Å². The van der Waals surface area contributed by atoms with E-state index in [-0.39, 0.29) is 0 Å². The van der Waals surface area contributed by atoms with Crippen LogP contribution >= 0.6 is 15.9 Å². The van der Waals surface area contributed by atoms with Gasteiger partial charge in [0.15, 0.2) is 0 Å². The fourth-order valence-corrected chi connectivity index (χ4v) is 4.43. The molecule has 0 aromatic heterocycles. The fourth-order valence-electron chi connectivity index (χ4n) is 3.69. The lowest BCUT2D eigenvalue weighted by Gasteiger charge is -2.39. The summed E-state index contributed by atoms with van der Waals surface area (Å²) in [6.07, 6.45) is 9.52. The maximum Gasteiger partial charge on any atom is 0.0472 e. The minimum Gasteiger partial charge on any atom is -0.381 e. The molecule has 2 rings (SSSR count). The first kappa shape index (κ1) is 15.8. The molecule has 2 aliphatic rings. The fraction of sp³-hybridized carbons (Fsp3) is 1.00. The zero-order valence-electron chi connectivity index (χ0n) is 12.5. The SMILES string of the molecule is CCCC1CCCN(CC2(CBr)CCOCC2)CC1. The van der Waals surface area contributed by atoms with Crippen molar-refractivity contribution in [1.82, 2.24) is 4.90 Å². The van der Waals surface area contributed by atoms with Crippen LogP contribution in [0, 0.1) is 11.3 Å². The average molecular weight is 332 g/mol. The number of alkyl halides is 1. The van der Waals surface area contributed by atoms with E-state index in [9.17, 15) is 0 Å². The van der Waals surface area contributed by atoms with Crippen molar-refractivity contribution in [2.24, 2.45) is 11.3 Å². The van der Waals surface area contributed by atoms with E-state index in [0.717, 1.165) is 24.5 Å². The number of halogens is 1. The van der Waals surface area contributed by atoms with Gasteiger partial charge in [-0.15, -0.1) is 0 Å². The Hall–Kier alpha value is 0.400. The normalized spacial score (nSPS) is 29.1. The van der Waals surface area contributed by atoms with Crippen LogP contribution in [0.4, 0.5) is 0 Å². The lowest BCUT2D eigenvalue weighted by molar-refractivity contribution is 0.00851. The highest BCUT2D eigenvalue weighted by molar-refractivity contribution is 9.09. The summed E-state index contributed by atoms with van der Waals surface area (Å²) in [4.78, 5) is 2.74. The summed E-state index contributed by atoms with van der Waals surface area (Å²) in [6, 6.07) is 0. The molecule has 2 saturated heterocycles. The maximum atomic E-state index is 5.55. The molecular formula is C16H30BrNO. The summed E-state index contributed by atoms with van der Waals surface area (Å²) in [7, 11) is 0. The third kappa shape index (κ3) is 4.71. The second-order valence-corrected chi connectivity index (χ2v) is 7.17. The van der Waals surface area contributed by atoms with Gasteiger partial charge in [-0.3, -0.25) is 0 Å². The first-order valence-corrected chi connectivity index (χ1v) is 9.26. The summed E-state index contributed by atoms with van der Waals surface area (Å²) in [6.45, 7) is 8.15. The molecule has 2 nitrogen and oxygen atoms in total. The van der Waals surface area contributed by atoms with Crippen LogP contribution < -0.4 is 0 Å². The number of likely N-dealkylation sites (tertiary alicyclic amines) is 1. The summed E-state index contributed by atoms with van der Waals surface area (Å²) in [5.74, 6) is 0.990. The molecule has 1 unspecified atom stereocenters. The molecule has 2 heterocycles. The molecule has 0 radical (unpaired) electrons. The Morgan fingerprint density at radius 1 is 1.21 bits per heavy atom. The largest absolute Gasteiger partial charge is 0.381 e. The minimum absolute atomic E-state index is 0.475. The van der Waals surface area contributed by atoms with E-state index in [1.807, 2.05) is 0 Å². The van der Waals surface area contributed by atoms with Crippen LogP contribution in [0.3, 0.4) is 0 Å². The van der Waals surface area contributed by atoms with Gasteiger partial charge in [0, 0.05) is 25.1 Å². The van der Waals surface area contributed by atoms with Crippen LogP contribution in [0.2, 0.25) is 0 Å². The van der Waals surface area contributed by atoms with E-state index in [1.54, 1.807) is 0 Å². The van der Waals surface area contributed by atoms with E-state index in [4.69, 9.17) is 4.74 Å². The van der Waals surface area contributed by atoms with Crippen molar-refractivity contribution in [3.63, 3.8) is 0 Å². The minimum atomic E-state index is 0.475. The molecule has 19 heavy (non-hydrogen) atoms. The van der Waals surface area contributed by atoms with Crippen molar-refractivity contribution in [2.75, 3.05) is 38.2 Å². The molecule has 0 aromatic rings. The second kappa shape index (κ2) is 7.99. The lowest BCUT2D eigenvalue weighted by atomic mass is 9.82. The Labute approximate surface area is 127 Å². The van der Waals surface area contributed by atoms with Crippen LogP contribution in [0.25, 0.3) is 0 Å². The number of nitrogens with zero attached hydrogens (tertiary/aromatic N) is 1. The smallest absolute Gasteiger partial charge is 0.0472 e. The van der Waals surface area contributed by atoms with Crippen molar-refractivity contribution >= 4 is 15.9 Å². The van der Waals surface area contributed by atoms with Crippen molar-refractivity contribution in [3.05, 3.63) is 0 Å². The van der Waals surface area contributed by atoms with Gasteiger partial charge in [0.1, 0.15) is 0 Å². The highest BCUT2D eigenvalue weighted by Crippen LogP contribution is 2.34. The molecular weight excluding hydrogens is 302 g/mol. The molecule has 0 saturated carbocycles. The third-order valence-electron chi connectivity index (χ3n) is 5.03. The first-order valence-electron chi connectivity index (χ1n) is 8.14. The average Bonchev–Trinajstić information content (AvgIpc) is 2.66. The third-order valence-corrected chi connectivity index (χ3v) is 6.22. The van der Waals surface area contributed by atoms with Crippen LogP contribution in [0.5, 0.6) is 0 Å². The highest BCUT2D eigenvalue weighted by Gasteiger charge is 2.33. The molecule has 0 aromatic carbocycles. The molecule has 0 aliphatic carbocycles. The molecule has 2 fully saturated rings. The van der Waals surface area contributed by atoms with Crippen LogP contribution in [-0.4, -0.2) is 43.1 Å². The summed E-state index contributed by atoms with van der Waals surface area (Å²) < 4.78 is 5.55. The van der Waals surface area contributed by atoms with Gasteiger partial charge in [-0.2, -0.15) is 0 Å². The van der Waals surface area contributed by atoms with Gasteiger partial charge in [-0.1, -0.05) is 35.7 Å². The van der Waals surface area contributed by atoms with Gasteiger partial charge >= 0.3 is 0 Å². The Bertz CT molecular complexity index is 253. The zero-order chi connectivity index (χ0) is 13.6. The number of ether oxygens (including phenoxy) is 1. The number of hydrogen-bond donors (Lipinski definition) is 0. The molecule has 1 atom stereocenters. The lowest BCUT2D eigenvalue weighted by Crippen LogP contribution is -2.43. The van der Waals surface area contributed by atoms with Crippen LogP contribution in [-0.2, 0) is 4.74 Å². The predicted octanol–water partition coefficient (Wildman–Crippen LogP) is 4.08. The van der Waals surface area contributed by atoms with Crippen LogP contribution in [0.15, 0.2) is 0 Å². The molecule has 0 N–H and O–H groups in total. The first-order chi connectivity index (χ1) is 9.28. The molecule has 0 amide bonds. The maximum absolute atomic E-state index is 5.55. The van der Waals surface area contributed by atoms with E-state index < -0.39 is 0 Å². The number of hydrogen-bond acceptors (Lipinski definition) is 2. The highest BCUT2D eigenvalue weighted by atomic mass is 79.9. The van der Waals surface area contributed by atoms with E-state index in [2.05, 4.69) is 27.8 Å². The molecule has 3 heteroatoms.